The van der Waals surface area contributed by atoms with Crippen molar-refractivity contribution in [2.24, 2.45) is 0 Å². The first-order valence-electron chi connectivity index (χ1n) is 6.06. The number of nitrogens with zero attached hydrogens (tertiary/aromatic N) is 2. The fourth-order valence-corrected chi connectivity index (χ4v) is 1.74. The van der Waals surface area contributed by atoms with Gasteiger partial charge in [0.25, 0.3) is 0 Å². The predicted octanol–water partition coefficient (Wildman–Crippen LogP) is 3.25. The van der Waals surface area contributed by atoms with E-state index in [9.17, 15) is 13.2 Å². The van der Waals surface area contributed by atoms with Gasteiger partial charge in [-0.2, -0.15) is 18.2 Å². The summed E-state index contributed by atoms with van der Waals surface area (Å²) in [6.07, 6.45) is -4.31. The summed E-state index contributed by atoms with van der Waals surface area (Å²) in [5.41, 5.74) is 0.112. The lowest BCUT2D eigenvalue weighted by Gasteiger charge is -2.14. The average Bonchev–Trinajstić information content (AvgIpc) is 2.81. The molecule has 1 aromatic heterocycles. The maximum Gasteiger partial charge on any atom is 0.416 e. The summed E-state index contributed by atoms with van der Waals surface area (Å²) in [7, 11) is 0. The van der Waals surface area contributed by atoms with Crippen molar-refractivity contribution < 1.29 is 17.7 Å². The fraction of sp³-hybridized carbons (Fsp3) is 0.385. The molecular weight excluding hydrogens is 271 g/mol. The van der Waals surface area contributed by atoms with Crippen LogP contribution in [0.4, 0.5) is 13.2 Å². The summed E-state index contributed by atoms with van der Waals surface area (Å²) >= 11 is 0. The molecule has 0 saturated heterocycles. The lowest BCUT2D eigenvalue weighted by atomic mass is 10.1. The second kappa shape index (κ2) is 5.62. The van der Waals surface area contributed by atoms with Gasteiger partial charge in [0, 0.05) is 13.0 Å². The number of aryl methyl sites for hydroxylation is 1. The van der Waals surface area contributed by atoms with Crippen LogP contribution < -0.4 is 5.32 Å². The summed E-state index contributed by atoms with van der Waals surface area (Å²) < 4.78 is 42.2. The van der Waals surface area contributed by atoms with Crippen LogP contribution in [0.25, 0.3) is 0 Å². The van der Waals surface area contributed by atoms with Gasteiger partial charge in [-0.05, 0) is 24.6 Å². The molecule has 1 heterocycles. The zero-order valence-corrected chi connectivity index (χ0v) is 11.0. The van der Waals surface area contributed by atoms with Crippen molar-refractivity contribution >= 4 is 0 Å². The quantitative estimate of drug-likeness (QED) is 0.937. The van der Waals surface area contributed by atoms with E-state index in [1.54, 1.807) is 6.92 Å². The molecule has 0 saturated carbocycles. The first kappa shape index (κ1) is 14.5. The molecule has 20 heavy (non-hydrogen) atoms. The Balaban J connectivity index is 1.97. The molecule has 1 aromatic carbocycles. The van der Waals surface area contributed by atoms with Crippen LogP contribution >= 0.6 is 0 Å². The Morgan fingerprint density at radius 1 is 1.25 bits per heavy atom. The van der Waals surface area contributed by atoms with Crippen molar-refractivity contribution in [3.05, 3.63) is 47.1 Å². The van der Waals surface area contributed by atoms with Crippen LogP contribution in [0, 0.1) is 6.92 Å². The van der Waals surface area contributed by atoms with Gasteiger partial charge in [-0.15, -0.1) is 0 Å². The highest BCUT2D eigenvalue weighted by Gasteiger charge is 2.30. The number of halogens is 3. The number of aromatic nitrogens is 2. The van der Waals surface area contributed by atoms with Gasteiger partial charge in [-0.1, -0.05) is 17.3 Å². The molecule has 0 aliphatic carbocycles. The molecule has 108 valence electrons. The monoisotopic (exact) mass is 285 g/mol. The maximum absolute atomic E-state index is 12.4. The molecule has 0 radical (unpaired) electrons. The summed E-state index contributed by atoms with van der Waals surface area (Å²) in [4.78, 5) is 4.03. The molecular formula is C13H14F3N3O. The van der Waals surface area contributed by atoms with Crippen molar-refractivity contribution in [1.29, 1.82) is 0 Å². The normalized spacial score (nSPS) is 13.4. The third-order valence-electron chi connectivity index (χ3n) is 2.87. The Morgan fingerprint density at radius 3 is 2.40 bits per heavy atom. The molecule has 4 nitrogen and oxygen atoms in total. The highest BCUT2D eigenvalue weighted by Crippen LogP contribution is 2.29. The Kier molecular flexibility index (Phi) is 4.08. The molecule has 7 heteroatoms. The van der Waals surface area contributed by atoms with E-state index >= 15 is 0 Å². The van der Waals surface area contributed by atoms with Gasteiger partial charge in [0.1, 0.15) is 0 Å². The van der Waals surface area contributed by atoms with Crippen molar-refractivity contribution in [3.63, 3.8) is 0 Å². The third kappa shape index (κ3) is 3.57. The third-order valence-corrected chi connectivity index (χ3v) is 2.87. The number of rotatable bonds is 4. The van der Waals surface area contributed by atoms with Crippen molar-refractivity contribution in [1.82, 2.24) is 15.5 Å². The van der Waals surface area contributed by atoms with Gasteiger partial charge in [0.05, 0.1) is 12.1 Å². The molecule has 2 aromatic rings. The second-order valence-corrected chi connectivity index (χ2v) is 4.45. The molecule has 0 fully saturated rings. The van der Waals surface area contributed by atoms with Crippen LogP contribution in [-0.2, 0) is 12.7 Å². The Morgan fingerprint density at radius 2 is 1.90 bits per heavy atom. The minimum absolute atomic E-state index is 0.115. The van der Waals surface area contributed by atoms with Gasteiger partial charge in [0.2, 0.25) is 5.89 Å². The van der Waals surface area contributed by atoms with Crippen LogP contribution in [0.15, 0.2) is 28.8 Å². The molecule has 0 bridgehead atoms. The zero-order chi connectivity index (χ0) is 14.8. The maximum atomic E-state index is 12.4. The van der Waals surface area contributed by atoms with Crippen LogP contribution in [0.2, 0.25) is 0 Å². The lowest BCUT2D eigenvalue weighted by Crippen LogP contribution is -2.19. The number of hydrogen-bond donors (Lipinski definition) is 1. The number of nitrogens with one attached hydrogen (secondary N) is 1. The first-order chi connectivity index (χ1) is 9.36. The van der Waals surface area contributed by atoms with E-state index in [4.69, 9.17) is 4.52 Å². The number of hydrogen-bond acceptors (Lipinski definition) is 4. The molecule has 2 rings (SSSR count). The molecule has 0 amide bonds. The molecule has 0 spiro atoms. The van der Waals surface area contributed by atoms with E-state index in [2.05, 4.69) is 15.5 Å². The van der Waals surface area contributed by atoms with E-state index in [-0.39, 0.29) is 6.04 Å². The van der Waals surface area contributed by atoms with Crippen molar-refractivity contribution in [3.8, 4) is 0 Å². The van der Waals surface area contributed by atoms with Gasteiger partial charge in [-0.25, -0.2) is 0 Å². The van der Waals surface area contributed by atoms with E-state index in [0.717, 1.165) is 17.7 Å². The zero-order valence-electron chi connectivity index (χ0n) is 11.0. The SMILES string of the molecule is Cc1nc(CNC(C)c2ccc(C(F)(F)F)cc2)no1. The van der Waals surface area contributed by atoms with Gasteiger partial charge >= 0.3 is 6.18 Å². The smallest absolute Gasteiger partial charge is 0.340 e. The van der Waals surface area contributed by atoms with E-state index in [1.165, 1.54) is 12.1 Å². The topological polar surface area (TPSA) is 51.0 Å². The number of benzene rings is 1. The van der Waals surface area contributed by atoms with Crippen molar-refractivity contribution in [2.75, 3.05) is 0 Å². The molecule has 0 aliphatic rings. The van der Waals surface area contributed by atoms with Gasteiger partial charge in [-0.3, -0.25) is 0 Å². The van der Waals surface area contributed by atoms with Crippen LogP contribution in [0.5, 0.6) is 0 Å². The minimum atomic E-state index is -4.31. The summed E-state index contributed by atoms with van der Waals surface area (Å²) in [5.74, 6) is 0.991. The average molecular weight is 285 g/mol. The molecule has 1 unspecified atom stereocenters. The highest BCUT2D eigenvalue weighted by molar-refractivity contribution is 5.26. The lowest BCUT2D eigenvalue weighted by molar-refractivity contribution is -0.137. The van der Waals surface area contributed by atoms with Crippen LogP contribution in [0.1, 0.15) is 35.8 Å². The molecule has 0 aliphatic heterocycles. The van der Waals surface area contributed by atoms with E-state index in [0.29, 0.717) is 18.3 Å². The number of alkyl halides is 3. The van der Waals surface area contributed by atoms with Gasteiger partial charge < -0.3 is 9.84 Å². The largest absolute Gasteiger partial charge is 0.416 e. The Bertz CT molecular complexity index is 563. The standard InChI is InChI=1S/C13H14F3N3O/c1-8(17-7-12-18-9(2)20-19-12)10-3-5-11(6-4-10)13(14,15)16/h3-6,8,17H,7H2,1-2H3. The molecule has 1 atom stereocenters. The summed E-state index contributed by atoms with van der Waals surface area (Å²) in [6, 6.07) is 4.96. The Labute approximate surface area is 114 Å². The van der Waals surface area contributed by atoms with Crippen LogP contribution in [-0.4, -0.2) is 10.1 Å². The van der Waals surface area contributed by atoms with Crippen LogP contribution in [0.3, 0.4) is 0 Å². The second-order valence-electron chi connectivity index (χ2n) is 4.45. The summed E-state index contributed by atoms with van der Waals surface area (Å²) in [6.45, 7) is 3.94. The highest BCUT2D eigenvalue weighted by atomic mass is 19.4. The first-order valence-corrected chi connectivity index (χ1v) is 6.06. The minimum Gasteiger partial charge on any atom is -0.340 e. The van der Waals surface area contributed by atoms with E-state index < -0.39 is 11.7 Å². The predicted molar refractivity (Wildman–Crippen MR) is 65.7 cm³/mol. The summed E-state index contributed by atoms with van der Waals surface area (Å²) in [5, 5.41) is 6.85. The molecule has 1 N–H and O–H groups in total. The van der Waals surface area contributed by atoms with Crippen molar-refractivity contribution in [2.45, 2.75) is 32.6 Å². The van der Waals surface area contributed by atoms with Gasteiger partial charge in [0.15, 0.2) is 5.82 Å². The Hall–Kier alpha value is -1.89. The van der Waals surface area contributed by atoms with E-state index in [1.807, 2.05) is 6.92 Å². The fourth-order valence-electron chi connectivity index (χ4n) is 1.74.